The first kappa shape index (κ1) is 6.00. The summed E-state index contributed by atoms with van der Waals surface area (Å²) in [6.45, 7) is 1.83. The van der Waals surface area contributed by atoms with Crippen molar-refractivity contribution in [2.75, 3.05) is 4.93 Å². The van der Waals surface area contributed by atoms with Gasteiger partial charge in [-0.05, 0) is 0 Å². The van der Waals surface area contributed by atoms with Crippen molar-refractivity contribution in [3.8, 4) is 0 Å². The number of alkyl halides is 1. The Balaban J connectivity index is 2.84. The third kappa shape index (κ3) is 1.18. The maximum atomic E-state index is 4.80. The van der Waals surface area contributed by atoms with Crippen LogP contribution >= 0.6 is 0 Å². The van der Waals surface area contributed by atoms with Gasteiger partial charge in [-0.25, -0.2) is 0 Å². The number of hydrogen-bond acceptors (Lipinski definition) is 3. The molecule has 0 aliphatic heterocycles. The zero-order chi connectivity index (χ0) is 5.98. The van der Waals surface area contributed by atoms with E-state index >= 15 is 0 Å². The van der Waals surface area contributed by atoms with Gasteiger partial charge in [0.25, 0.3) is 0 Å². The van der Waals surface area contributed by atoms with Crippen LogP contribution < -0.4 is 21.2 Å². The third-order valence-electron chi connectivity index (χ3n) is 0.664. The van der Waals surface area contributed by atoms with Gasteiger partial charge in [0.1, 0.15) is 0 Å². The van der Waals surface area contributed by atoms with Crippen molar-refractivity contribution >= 4 is 0 Å². The van der Waals surface area contributed by atoms with Gasteiger partial charge in [-0.3, -0.25) is 0 Å². The topological polar surface area (TPSA) is 38.9 Å². The van der Waals surface area contributed by atoms with E-state index in [-0.39, 0.29) is 21.2 Å². The van der Waals surface area contributed by atoms with Gasteiger partial charge < -0.3 is 0 Å². The van der Waals surface area contributed by atoms with Gasteiger partial charge in [0, 0.05) is 0 Å². The average Bonchev–Trinajstić information content (AvgIpc) is 2.14. The van der Waals surface area contributed by atoms with E-state index in [2.05, 4.69) is 15.1 Å². The van der Waals surface area contributed by atoms with Crippen LogP contribution in [0.3, 0.4) is 0 Å². The fourth-order valence-electron chi connectivity index (χ4n) is 0.349. The summed E-state index contributed by atoms with van der Waals surface area (Å²) in [7, 11) is 0. The monoisotopic (exact) mass is 225 g/mol. The van der Waals surface area contributed by atoms with Gasteiger partial charge in [-0.1, -0.05) is 0 Å². The number of halogens is 1. The molecule has 8 heavy (non-hydrogen) atoms. The van der Waals surface area contributed by atoms with Crippen molar-refractivity contribution in [2.24, 2.45) is 0 Å². The molecule has 0 bridgehead atoms. The standard InChI is InChI=1S/C4H6IN2O/c1-3-6-4(5-2)8-7-3/h1-2H3/q-1. The molecule has 4 heteroatoms. The number of hydrogen-bond donors (Lipinski definition) is 0. The molecule has 0 atom stereocenters. The molecule has 0 aromatic carbocycles. The number of rotatable bonds is 1. The van der Waals surface area contributed by atoms with E-state index in [9.17, 15) is 0 Å². The Morgan fingerprint density at radius 3 is 2.62 bits per heavy atom. The Morgan fingerprint density at radius 2 is 2.38 bits per heavy atom. The summed E-state index contributed by atoms with van der Waals surface area (Å²) >= 11 is -0.0101. The molecule has 0 fully saturated rings. The summed E-state index contributed by atoms with van der Waals surface area (Å²) in [4.78, 5) is 6.09. The van der Waals surface area contributed by atoms with Crippen LogP contribution in [0, 0.1) is 10.8 Å². The zero-order valence-electron chi connectivity index (χ0n) is 4.68. The van der Waals surface area contributed by atoms with E-state index in [0.717, 1.165) is 9.72 Å². The van der Waals surface area contributed by atoms with Gasteiger partial charge in [0.15, 0.2) is 0 Å². The molecule has 46 valence electrons. The molecule has 0 aliphatic rings. The summed E-state index contributed by atoms with van der Waals surface area (Å²) < 4.78 is 5.62. The molecular weight excluding hydrogens is 219 g/mol. The van der Waals surface area contributed by atoms with Crippen LogP contribution in [0.2, 0.25) is 0 Å². The Kier molecular flexibility index (Phi) is 1.82. The van der Waals surface area contributed by atoms with Crippen LogP contribution in [0.4, 0.5) is 0 Å². The van der Waals surface area contributed by atoms with E-state index in [1.807, 2.05) is 6.92 Å². The molecule has 0 aliphatic carbocycles. The molecule has 0 spiro atoms. The minimum absolute atomic E-state index is 0.0101. The van der Waals surface area contributed by atoms with Crippen molar-refractivity contribution < 1.29 is 25.7 Å². The van der Waals surface area contributed by atoms with E-state index in [0.29, 0.717) is 0 Å². The minimum atomic E-state index is -0.0101. The van der Waals surface area contributed by atoms with Crippen molar-refractivity contribution in [3.05, 3.63) is 9.72 Å². The molecule has 1 aromatic heterocycles. The van der Waals surface area contributed by atoms with Crippen LogP contribution in [0.25, 0.3) is 0 Å². The quantitative estimate of drug-likeness (QED) is 0.384. The van der Waals surface area contributed by atoms with Crippen molar-refractivity contribution in [1.29, 1.82) is 0 Å². The van der Waals surface area contributed by atoms with E-state index < -0.39 is 0 Å². The Bertz CT molecular complexity index is 174. The Labute approximate surface area is 57.7 Å². The van der Waals surface area contributed by atoms with Crippen molar-refractivity contribution in [2.45, 2.75) is 6.92 Å². The molecule has 1 aromatic rings. The number of aromatic nitrogens is 2. The zero-order valence-corrected chi connectivity index (χ0v) is 6.84. The van der Waals surface area contributed by atoms with Gasteiger partial charge in [-0.2, -0.15) is 0 Å². The molecule has 0 amide bonds. The second kappa shape index (κ2) is 2.43. The van der Waals surface area contributed by atoms with Crippen LogP contribution in [0.5, 0.6) is 0 Å². The third-order valence-corrected chi connectivity index (χ3v) is 2.03. The molecule has 0 radical (unpaired) electrons. The van der Waals surface area contributed by atoms with Crippen LogP contribution in [0.1, 0.15) is 5.82 Å². The van der Waals surface area contributed by atoms with Gasteiger partial charge in [-0.15, -0.1) is 0 Å². The maximum absolute atomic E-state index is 4.80. The average molecular weight is 225 g/mol. The van der Waals surface area contributed by atoms with Crippen molar-refractivity contribution in [3.63, 3.8) is 0 Å². The Morgan fingerprint density at radius 1 is 1.62 bits per heavy atom. The summed E-state index contributed by atoms with van der Waals surface area (Å²) in [6, 6.07) is 0. The van der Waals surface area contributed by atoms with Gasteiger partial charge >= 0.3 is 57.4 Å². The first-order valence-electron chi connectivity index (χ1n) is 2.12. The normalized spacial score (nSPS) is 10.2. The Hall–Kier alpha value is -0.130. The SMILES string of the molecule is C[I-]c1nc(C)no1. The molecule has 0 saturated heterocycles. The molecule has 3 nitrogen and oxygen atoms in total. The van der Waals surface area contributed by atoms with Crippen LogP contribution in [0.15, 0.2) is 4.52 Å². The van der Waals surface area contributed by atoms with E-state index in [1.54, 1.807) is 0 Å². The fourth-order valence-corrected chi connectivity index (χ4v) is 1.23. The van der Waals surface area contributed by atoms with Crippen LogP contribution in [-0.4, -0.2) is 15.1 Å². The van der Waals surface area contributed by atoms with E-state index in [1.165, 1.54) is 0 Å². The molecular formula is C4H6IN2O-. The molecule has 0 unspecified atom stereocenters. The van der Waals surface area contributed by atoms with Crippen molar-refractivity contribution in [1.82, 2.24) is 10.1 Å². The number of nitrogens with zero attached hydrogens (tertiary/aromatic N) is 2. The molecule has 1 heterocycles. The number of aryl methyl sites for hydroxylation is 1. The summed E-state index contributed by atoms with van der Waals surface area (Å²) in [5, 5.41) is 3.63. The second-order valence-electron chi connectivity index (χ2n) is 1.28. The molecule has 1 rings (SSSR count). The van der Waals surface area contributed by atoms with Gasteiger partial charge in [0.2, 0.25) is 0 Å². The summed E-state index contributed by atoms with van der Waals surface area (Å²) in [5.74, 6) is 0.738. The second-order valence-corrected chi connectivity index (χ2v) is 3.29. The fraction of sp³-hybridized carbons (Fsp3) is 0.500. The van der Waals surface area contributed by atoms with Crippen LogP contribution in [-0.2, 0) is 0 Å². The summed E-state index contributed by atoms with van der Waals surface area (Å²) in [6.07, 6.45) is 0. The molecule has 0 N–H and O–H groups in total. The first-order chi connectivity index (χ1) is 3.83. The molecule has 0 saturated carbocycles. The predicted molar refractivity (Wildman–Crippen MR) is 23.7 cm³/mol. The summed E-state index contributed by atoms with van der Waals surface area (Å²) in [5.41, 5.74) is 0. The van der Waals surface area contributed by atoms with Gasteiger partial charge in [0.05, 0.1) is 0 Å². The first-order valence-corrected chi connectivity index (χ1v) is 5.36. The predicted octanol–water partition coefficient (Wildman–Crippen LogP) is -2.73. The van der Waals surface area contributed by atoms with E-state index in [4.69, 9.17) is 4.52 Å².